The lowest BCUT2D eigenvalue weighted by molar-refractivity contribution is 0.414. The lowest BCUT2D eigenvalue weighted by atomic mass is 9.96. The van der Waals surface area contributed by atoms with Gasteiger partial charge in [0.1, 0.15) is 5.75 Å². The Labute approximate surface area is 158 Å². The Morgan fingerprint density at radius 3 is 2.38 bits per heavy atom. The van der Waals surface area contributed by atoms with Gasteiger partial charge in [-0.15, -0.1) is 0 Å². The molecular weight excluding hydrogens is 366 g/mol. The summed E-state index contributed by atoms with van der Waals surface area (Å²) < 4.78 is 34.5. The Kier molecular flexibility index (Phi) is 5.18. The molecule has 0 spiro atoms. The molecule has 2 aromatic carbocycles. The minimum Gasteiger partial charge on any atom is -0.497 e. The van der Waals surface area contributed by atoms with E-state index in [0.29, 0.717) is 11.3 Å². The summed E-state index contributed by atoms with van der Waals surface area (Å²) in [5.41, 5.74) is 1.63. The number of thiophene rings is 1. The van der Waals surface area contributed by atoms with Gasteiger partial charge in [-0.05, 0) is 60.0 Å². The van der Waals surface area contributed by atoms with E-state index in [9.17, 15) is 8.42 Å². The zero-order valence-electron chi connectivity index (χ0n) is 14.9. The second-order valence-corrected chi connectivity index (χ2v) is 8.90. The van der Waals surface area contributed by atoms with Crippen LogP contribution in [0, 0.1) is 0 Å². The molecule has 0 amide bonds. The van der Waals surface area contributed by atoms with Gasteiger partial charge in [-0.25, -0.2) is 13.1 Å². The molecule has 136 valence electrons. The lowest BCUT2D eigenvalue weighted by Gasteiger charge is -2.27. The Morgan fingerprint density at radius 2 is 1.77 bits per heavy atom. The SMILES string of the molecule is COc1ccc(S(=O)(=O)NC(C)(C)c2ccccc2)c(-c2ccsc2)c1. The molecular formula is C20H21NO3S2. The Balaban J connectivity index is 2.05. The molecule has 0 unspecified atom stereocenters. The van der Waals surface area contributed by atoms with Crippen molar-refractivity contribution in [1.29, 1.82) is 0 Å². The summed E-state index contributed by atoms with van der Waals surface area (Å²) in [7, 11) is -2.18. The van der Waals surface area contributed by atoms with Crippen molar-refractivity contribution in [2.24, 2.45) is 0 Å². The first-order valence-electron chi connectivity index (χ1n) is 8.13. The molecule has 6 heteroatoms. The van der Waals surface area contributed by atoms with Gasteiger partial charge in [0.05, 0.1) is 17.5 Å². The third-order valence-electron chi connectivity index (χ3n) is 4.19. The van der Waals surface area contributed by atoms with Crippen LogP contribution < -0.4 is 9.46 Å². The molecule has 0 saturated carbocycles. The third kappa shape index (κ3) is 3.82. The first-order valence-corrected chi connectivity index (χ1v) is 10.6. The van der Waals surface area contributed by atoms with Crippen LogP contribution in [-0.4, -0.2) is 15.5 Å². The van der Waals surface area contributed by atoms with Gasteiger partial charge in [-0.3, -0.25) is 0 Å². The monoisotopic (exact) mass is 387 g/mol. The lowest BCUT2D eigenvalue weighted by Crippen LogP contribution is -2.41. The molecule has 1 heterocycles. The minimum atomic E-state index is -3.75. The van der Waals surface area contributed by atoms with Crippen molar-refractivity contribution in [3.63, 3.8) is 0 Å². The maximum atomic E-state index is 13.2. The van der Waals surface area contributed by atoms with Crippen LogP contribution in [-0.2, 0) is 15.6 Å². The quantitative estimate of drug-likeness (QED) is 0.670. The van der Waals surface area contributed by atoms with Gasteiger partial charge in [-0.2, -0.15) is 11.3 Å². The Bertz CT molecular complexity index is 979. The van der Waals surface area contributed by atoms with E-state index in [2.05, 4.69) is 4.72 Å². The van der Waals surface area contributed by atoms with Gasteiger partial charge in [0.15, 0.2) is 0 Å². The highest BCUT2D eigenvalue weighted by molar-refractivity contribution is 7.89. The molecule has 0 radical (unpaired) electrons. The van der Waals surface area contributed by atoms with Crippen molar-refractivity contribution in [2.75, 3.05) is 7.11 Å². The molecule has 0 fully saturated rings. The Hall–Kier alpha value is -2.15. The minimum absolute atomic E-state index is 0.237. The molecule has 0 atom stereocenters. The molecule has 3 aromatic rings. The fraction of sp³-hybridized carbons (Fsp3) is 0.200. The molecule has 0 aliphatic heterocycles. The molecule has 26 heavy (non-hydrogen) atoms. The van der Waals surface area contributed by atoms with E-state index in [1.165, 1.54) is 11.3 Å². The largest absolute Gasteiger partial charge is 0.497 e. The van der Waals surface area contributed by atoms with E-state index in [-0.39, 0.29) is 4.90 Å². The summed E-state index contributed by atoms with van der Waals surface area (Å²) in [5, 5.41) is 3.85. The van der Waals surface area contributed by atoms with Crippen LogP contribution in [0.5, 0.6) is 5.75 Å². The second kappa shape index (κ2) is 7.23. The van der Waals surface area contributed by atoms with Crippen molar-refractivity contribution < 1.29 is 13.2 Å². The van der Waals surface area contributed by atoms with Crippen LogP contribution in [0.4, 0.5) is 0 Å². The molecule has 0 aliphatic rings. The fourth-order valence-corrected chi connectivity index (χ4v) is 5.09. The van der Waals surface area contributed by atoms with Gasteiger partial charge in [-0.1, -0.05) is 30.3 Å². The molecule has 4 nitrogen and oxygen atoms in total. The number of ether oxygens (including phenoxy) is 1. The molecule has 0 aliphatic carbocycles. The summed E-state index contributed by atoms with van der Waals surface area (Å²) in [4.78, 5) is 0.237. The number of nitrogens with one attached hydrogen (secondary N) is 1. The predicted molar refractivity (Wildman–Crippen MR) is 106 cm³/mol. The standard InChI is InChI=1S/C20H21NO3S2/c1-20(2,16-7-5-4-6-8-16)21-26(22,23)19-10-9-17(24-3)13-18(19)15-11-12-25-14-15/h4-14,21H,1-3H3. The number of methoxy groups -OCH3 is 1. The summed E-state index contributed by atoms with van der Waals surface area (Å²) in [5.74, 6) is 0.618. The molecule has 0 bridgehead atoms. The van der Waals surface area contributed by atoms with E-state index in [1.54, 1.807) is 25.3 Å². The number of hydrogen-bond acceptors (Lipinski definition) is 4. The average Bonchev–Trinajstić information content (AvgIpc) is 3.15. The fourth-order valence-electron chi connectivity index (χ4n) is 2.82. The van der Waals surface area contributed by atoms with Crippen LogP contribution in [0.2, 0.25) is 0 Å². The first-order chi connectivity index (χ1) is 12.3. The summed E-state index contributed by atoms with van der Waals surface area (Å²) in [6.07, 6.45) is 0. The Morgan fingerprint density at radius 1 is 1.04 bits per heavy atom. The van der Waals surface area contributed by atoms with Crippen molar-refractivity contribution in [1.82, 2.24) is 4.72 Å². The zero-order chi connectivity index (χ0) is 18.8. The van der Waals surface area contributed by atoms with Gasteiger partial charge in [0, 0.05) is 5.56 Å². The summed E-state index contributed by atoms with van der Waals surface area (Å²) in [6, 6.07) is 16.5. The van der Waals surface area contributed by atoms with E-state index < -0.39 is 15.6 Å². The molecule has 1 N–H and O–H groups in total. The number of rotatable bonds is 6. The van der Waals surface area contributed by atoms with Crippen LogP contribution >= 0.6 is 11.3 Å². The molecule has 0 saturated heterocycles. The van der Waals surface area contributed by atoms with E-state index in [0.717, 1.165) is 11.1 Å². The van der Waals surface area contributed by atoms with Crippen LogP contribution in [0.15, 0.2) is 70.3 Å². The van der Waals surface area contributed by atoms with Crippen molar-refractivity contribution >= 4 is 21.4 Å². The van der Waals surface area contributed by atoms with Gasteiger partial charge in [0.25, 0.3) is 0 Å². The average molecular weight is 388 g/mol. The highest BCUT2D eigenvalue weighted by Gasteiger charge is 2.29. The molecule has 1 aromatic heterocycles. The van der Waals surface area contributed by atoms with Gasteiger partial charge < -0.3 is 4.74 Å². The predicted octanol–water partition coefficient (Wildman–Crippen LogP) is 4.64. The molecule has 3 rings (SSSR count). The number of sulfonamides is 1. The first kappa shape index (κ1) is 18.6. The maximum absolute atomic E-state index is 13.2. The summed E-state index contributed by atoms with van der Waals surface area (Å²) in [6.45, 7) is 3.71. The van der Waals surface area contributed by atoms with Crippen LogP contribution in [0.1, 0.15) is 19.4 Å². The highest BCUT2D eigenvalue weighted by Crippen LogP contribution is 2.33. The van der Waals surface area contributed by atoms with Crippen molar-refractivity contribution in [2.45, 2.75) is 24.3 Å². The normalized spacial score (nSPS) is 12.1. The second-order valence-electron chi connectivity index (χ2n) is 6.47. The van der Waals surface area contributed by atoms with Gasteiger partial charge in [0.2, 0.25) is 10.0 Å². The van der Waals surface area contributed by atoms with E-state index in [1.807, 2.05) is 61.0 Å². The van der Waals surface area contributed by atoms with Gasteiger partial charge >= 0.3 is 0 Å². The van der Waals surface area contributed by atoms with E-state index >= 15 is 0 Å². The topological polar surface area (TPSA) is 55.4 Å². The van der Waals surface area contributed by atoms with Crippen LogP contribution in [0.3, 0.4) is 0 Å². The number of benzene rings is 2. The summed E-state index contributed by atoms with van der Waals surface area (Å²) >= 11 is 1.52. The highest BCUT2D eigenvalue weighted by atomic mass is 32.2. The smallest absolute Gasteiger partial charge is 0.241 e. The van der Waals surface area contributed by atoms with E-state index in [4.69, 9.17) is 4.74 Å². The van der Waals surface area contributed by atoms with Crippen molar-refractivity contribution in [3.8, 4) is 16.9 Å². The zero-order valence-corrected chi connectivity index (χ0v) is 16.5. The number of hydrogen-bond donors (Lipinski definition) is 1. The van der Waals surface area contributed by atoms with Crippen LogP contribution in [0.25, 0.3) is 11.1 Å². The van der Waals surface area contributed by atoms with Crippen molar-refractivity contribution in [3.05, 3.63) is 70.9 Å². The maximum Gasteiger partial charge on any atom is 0.241 e. The third-order valence-corrected chi connectivity index (χ3v) is 6.59.